The fraction of sp³-hybridized carbons (Fsp3) is 0.667. The number of hydrogen-bond acceptors (Lipinski definition) is 4. The Labute approximate surface area is 123 Å². The van der Waals surface area contributed by atoms with Crippen molar-refractivity contribution < 1.29 is 19.2 Å². The molecule has 116 valence electrons. The van der Waals surface area contributed by atoms with Crippen LogP contribution in [-0.4, -0.2) is 28.7 Å². The van der Waals surface area contributed by atoms with Crippen LogP contribution in [0.1, 0.15) is 66.8 Å². The standard InChI is InChI=1S/C15H22N2O4/c18-13(19)9-5-2-6-10-16-15(20)14-11-7-3-1-4-8-12(11)21-17-14/h1-10H2,(H,16,20)(H,18,19). The molecule has 0 atom stereocenters. The SMILES string of the molecule is O=C(O)CCCCCNC(=O)c1noc2c1CCCCC2. The van der Waals surface area contributed by atoms with Crippen LogP contribution < -0.4 is 5.32 Å². The van der Waals surface area contributed by atoms with Crippen molar-refractivity contribution in [2.75, 3.05) is 6.54 Å². The summed E-state index contributed by atoms with van der Waals surface area (Å²) in [5, 5.41) is 15.3. The van der Waals surface area contributed by atoms with Crippen molar-refractivity contribution in [3.8, 4) is 0 Å². The van der Waals surface area contributed by atoms with Crippen LogP contribution in [0.3, 0.4) is 0 Å². The molecule has 0 unspecified atom stereocenters. The fourth-order valence-electron chi connectivity index (χ4n) is 2.60. The number of nitrogens with zero attached hydrogens (tertiary/aromatic N) is 1. The van der Waals surface area contributed by atoms with E-state index in [9.17, 15) is 9.59 Å². The number of carboxylic acids is 1. The third-order valence-electron chi connectivity index (χ3n) is 3.77. The lowest BCUT2D eigenvalue weighted by Gasteiger charge is -2.04. The Hall–Kier alpha value is -1.85. The van der Waals surface area contributed by atoms with E-state index in [0.717, 1.165) is 56.3 Å². The molecule has 1 aromatic rings. The maximum atomic E-state index is 12.1. The molecule has 6 nitrogen and oxygen atoms in total. The highest BCUT2D eigenvalue weighted by molar-refractivity contribution is 5.93. The van der Waals surface area contributed by atoms with Crippen LogP contribution in [0, 0.1) is 0 Å². The summed E-state index contributed by atoms with van der Waals surface area (Å²) in [5.74, 6) is -0.0939. The number of aromatic nitrogens is 1. The van der Waals surface area contributed by atoms with E-state index in [0.29, 0.717) is 18.7 Å². The lowest BCUT2D eigenvalue weighted by molar-refractivity contribution is -0.137. The van der Waals surface area contributed by atoms with Gasteiger partial charge in [0.1, 0.15) is 5.76 Å². The predicted molar refractivity (Wildman–Crippen MR) is 76.2 cm³/mol. The number of carboxylic acid groups (broad SMARTS) is 1. The molecule has 0 saturated heterocycles. The summed E-state index contributed by atoms with van der Waals surface area (Å²) in [6, 6.07) is 0. The van der Waals surface area contributed by atoms with Crippen LogP contribution in [-0.2, 0) is 17.6 Å². The Balaban J connectivity index is 1.76. The Morgan fingerprint density at radius 1 is 1.14 bits per heavy atom. The Kier molecular flexibility index (Phi) is 5.78. The second-order valence-electron chi connectivity index (χ2n) is 5.45. The molecule has 1 aromatic heterocycles. The highest BCUT2D eigenvalue weighted by Crippen LogP contribution is 2.23. The average Bonchev–Trinajstić information content (AvgIpc) is 2.71. The average molecular weight is 294 g/mol. The van der Waals surface area contributed by atoms with E-state index >= 15 is 0 Å². The van der Waals surface area contributed by atoms with Gasteiger partial charge >= 0.3 is 5.97 Å². The molecule has 0 spiro atoms. The van der Waals surface area contributed by atoms with Gasteiger partial charge in [-0.3, -0.25) is 9.59 Å². The summed E-state index contributed by atoms with van der Waals surface area (Å²) < 4.78 is 5.28. The van der Waals surface area contributed by atoms with Crippen LogP contribution in [0.5, 0.6) is 0 Å². The van der Waals surface area contributed by atoms with Crippen molar-refractivity contribution in [3.05, 3.63) is 17.0 Å². The van der Waals surface area contributed by atoms with E-state index in [1.54, 1.807) is 0 Å². The summed E-state index contributed by atoms with van der Waals surface area (Å²) in [5.41, 5.74) is 1.40. The van der Waals surface area contributed by atoms with Crippen LogP contribution in [0.15, 0.2) is 4.52 Å². The van der Waals surface area contributed by atoms with Gasteiger partial charge in [0.15, 0.2) is 5.69 Å². The molecule has 21 heavy (non-hydrogen) atoms. The molecule has 1 aliphatic rings. The summed E-state index contributed by atoms with van der Waals surface area (Å²) in [4.78, 5) is 22.5. The predicted octanol–water partition coefficient (Wildman–Crippen LogP) is 2.32. The molecule has 0 radical (unpaired) electrons. The van der Waals surface area contributed by atoms with Crippen LogP contribution in [0.4, 0.5) is 0 Å². The second-order valence-corrected chi connectivity index (χ2v) is 5.45. The number of carbonyl (C=O) groups excluding carboxylic acids is 1. The molecule has 0 fully saturated rings. The van der Waals surface area contributed by atoms with Crippen LogP contribution in [0.2, 0.25) is 0 Å². The second kappa shape index (κ2) is 7.81. The first-order chi connectivity index (χ1) is 10.2. The van der Waals surface area contributed by atoms with E-state index in [1.807, 2.05) is 0 Å². The number of aryl methyl sites for hydroxylation is 1. The van der Waals surface area contributed by atoms with E-state index in [4.69, 9.17) is 9.63 Å². The topological polar surface area (TPSA) is 92.4 Å². The molecule has 2 rings (SSSR count). The first-order valence-electron chi connectivity index (χ1n) is 7.66. The molecule has 0 saturated carbocycles. The van der Waals surface area contributed by atoms with Gasteiger partial charge in [-0.25, -0.2) is 0 Å². The molecule has 1 amide bonds. The first-order valence-corrected chi connectivity index (χ1v) is 7.66. The van der Waals surface area contributed by atoms with Crippen LogP contribution >= 0.6 is 0 Å². The van der Waals surface area contributed by atoms with Gasteiger partial charge in [0, 0.05) is 24.9 Å². The molecule has 0 aromatic carbocycles. The lowest BCUT2D eigenvalue weighted by Crippen LogP contribution is -2.25. The van der Waals surface area contributed by atoms with Crippen molar-refractivity contribution in [3.63, 3.8) is 0 Å². The highest BCUT2D eigenvalue weighted by atomic mass is 16.5. The summed E-state index contributed by atoms with van der Waals surface area (Å²) >= 11 is 0. The van der Waals surface area contributed by atoms with Gasteiger partial charge in [-0.15, -0.1) is 0 Å². The lowest BCUT2D eigenvalue weighted by atomic mass is 10.1. The molecule has 0 aliphatic heterocycles. The third-order valence-corrected chi connectivity index (χ3v) is 3.77. The minimum atomic E-state index is -0.774. The van der Waals surface area contributed by atoms with Gasteiger partial charge in [-0.2, -0.15) is 0 Å². The van der Waals surface area contributed by atoms with Gasteiger partial charge in [0.25, 0.3) is 5.91 Å². The number of unbranched alkanes of at least 4 members (excludes halogenated alkanes) is 2. The highest BCUT2D eigenvalue weighted by Gasteiger charge is 2.22. The van der Waals surface area contributed by atoms with Gasteiger partial charge in [0.05, 0.1) is 0 Å². The van der Waals surface area contributed by atoms with E-state index in [1.165, 1.54) is 0 Å². The number of amides is 1. The zero-order valence-electron chi connectivity index (χ0n) is 12.2. The quantitative estimate of drug-likeness (QED) is 0.594. The minimum Gasteiger partial charge on any atom is -0.481 e. The zero-order chi connectivity index (χ0) is 15.1. The Bertz CT molecular complexity index is 496. The third kappa shape index (κ3) is 4.58. The number of rotatable bonds is 7. The zero-order valence-corrected chi connectivity index (χ0v) is 12.2. The van der Waals surface area contributed by atoms with E-state index < -0.39 is 5.97 Å². The Morgan fingerprint density at radius 3 is 2.76 bits per heavy atom. The number of hydrogen-bond donors (Lipinski definition) is 2. The molecule has 6 heteroatoms. The van der Waals surface area contributed by atoms with Gasteiger partial charge in [-0.05, 0) is 32.1 Å². The van der Waals surface area contributed by atoms with Gasteiger partial charge in [-0.1, -0.05) is 18.0 Å². The van der Waals surface area contributed by atoms with E-state index in [2.05, 4.69) is 10.5 Å². The largest absolute Gasteiger partial charge is 0.481 e. The number of aliphatic carboxylic acids is 1. The first kappa shape index (κ1) is 15.5. The maximum Gasteiger partial charge on any atom is 0.303 e. The van der Waals surface area contributed by atoms with Gasteiger partial charge in [0.2, 0.25) is 0 Å². The summed E-state index contributed by atoms with van der Waals surface area (Å²) in [6.07, 6.45) is 7.45. The van der Waals surface area contributed by atoms with Crippen LogP contribution in [0.25, 0.3) is 0 Å². The monoisotopic (exact) mass is 294 g/mol. The van der Waals surface area contributed by atoms with Crippen molar-refractivity contribution in [2.24, 2.45) is 0 Å². The minimum absolute atomic E-state index is 0.180. The summed E-state index contributed by atoms with van der Waals surface area (Å²) in [6.45, 7) is 0.542. The van der Waals surface area contributed by atoms with Crippen molar-refractivity contribution in [1.29, 1.82) is 0 Å². The molecular weight excluding hydrogens is 272 g/mol. The maximum absolute atomic E-state index is 12.1. The molecule has 1 aliphatic carbocycles. The molecule has 1 heterocycles. The Morgan fingerprint density at radius 2 is 1.95 bits per heavy atom. The van der Waals surface area contributed by atoms with Crippen molar-refractivity contribution in [2.45, 2.75) is 57.8 Å². The number of nitrogens with one attached hydrogen (secondary N) is 1. The van der Waals surface area contributed by atoms with E-state index in [-0.39, 0.29) is 12.3 Å². The normalized spacial score (nSPS) is 14.3. The molecule has 0 bridgehead atoms. The van der Waals surface area contributed by atoms with Gasteiger partial charge < -0.3 is 14.9 Å². The van der Waals surface area contributed by atoms with Crippen molar-refractivity contribution in [1.82, 2.24) is 10.5 Å². The number of fused-ring (bicyclic) bond motifs is 1. The number of carbonyl (C=O) groups is 2. The fourth-order valence-corrected chi connectivity index (χ4v) is 2.60. The molecular formula is C15H22N2O4. The summed E-state index contributed by atoms with van der Waals surface area (Å²) in [7, 11) is 0. The van der Waals surface area contributed by atoms with Crippen molar-refractivity contribution >= 4 is 11.9 Å². The smallest absolute Gasteiger partial charge is 0.303 e. The molecule has 2 N–H and O–H groups in total.